The molecule has 0 aliphatic rings. The molecule has 0 aromatic heterocycles. The molecule has 0 heterocycles. The van der Waals surface area contributed by atoms with Gasteiger partial charge in [0, 0.05) is 26.0 Å². The number of benzene rings is 2. The lowest BCUT2D eigenvalue weighted by Gasteiger charge is -2.17. The van der Waals surface area contributed by atoms with Crippen LogP contribution in [0.5, 0.6) is 28.7 Å². The van der Waals surface area contributed by atoms with Gasteiger partial charge in [-0.1, -0.05) is 24.3 Å². The van der Waals surface area contributed by atoms with Crippen LogP contribution in [-0.4, -0.2) is 19.0 Å². The molecule has 0 aliphatic carbocycles. The molecule has 0 atom stereocenters. The van der Waals surface area contributed by atoms with E-state index < -0.39 is 11.9 Å². The minimum Gasteiger partial charge on any atom is -0.493 e. The molecule has 26 heavy (non-hydrogen) atoms. The van der Waals surface area contributed by atoms with Crippen LogP contribution in [-0.2, 0) is 16.0 Å². The molecule has 136 valence electrons. The lowest BCUT2D eigenvalue weighted by molar-refractivity contribution is -0.133. The molecule has 2 aromatic carbocycles. The minimum absolute atomic E-state index is 0.101. The van der Waals surface area contributed by atoms with Gasteiger partial charge in [0.2, 0.25) is 5.75 Å². The molecular formula is C20H20O6. The van der Waals surface area contributed by atoms with Crippen LogP contribution in [0.1, 0.15) is 19.4 Å². The monoisotopic (exact) mass is 356 g/mol. The standard InChI is InChI=1S/C20H20O6/c1-5-8-15-9-6-7-10-17(15)26-19-12-16(24-13(2)21)11-18(23-4)20(19)25-14(3)22/h5-7,9-12H,1,8H2,2-4H3. The third kappa shape index (κ3) is 4.86. The normalized spacial score (nSPS) is 9.96. The van der Waals surface area contributed by atoms with E-state index in [1.165, 1.54) is 33.1 Å². The highest BCUT2D eigenvalue weighted by Gasteiger charge is 2.19. The molecule has 6 heteroatoms. The molecule has 0 aliphatic heterocycles. The van der Waals surface area contributed by atoms with E-state index in [9.17, 15) is 9.59 Å². The van der Waals surface area contributed by atoms with Crippen molar-refractivity contribution in [1.29, 1.82) is 0 Å². The maximum Gasteiger partial charge on any atom is 0.308 e. The zero-order valence-corrected chi connectivity index (χ0v) is 14.9. The van der Waals surface area contributed by atoms with Crippen molar-refractivity contribution in [3.8, 4) is 28.7 Å². The maximum atomic E-state index is 11.5. The Kier molecular flexibility index (Phi) is 6.38. The summed E-state index contributed by atoms with van der Waals surface area (Å²) in [6, 6.07) is 10.3. The van der Waals surface area contributed by atoms with Gasteiger partial charge in [-0.3, -0.25) is 9.59 Å². The van der Waals surface area contributed by atoms with Gasteiger partial charge in [0.25, 0.3) is 0 Å². The highest BCUT2D eigenvalue weighted by Crippen LogP contribution is 2.44. The van der Waals surface area contributed by atoms with Crippen LogP contribution in [0, 0.1) is 0 Å². The lowest BCUT2D eigenvalue weighted by atomic mass is 10.1. The summed E-state index contributed by atoms with van der Waals surface area (Å²) in [4.78, 5) is 22.8. The van der Waals surface area contributed by atoms with Crippen molar-refractivity contribution in [2.45, 2.75) is 20.3 Å². The molecule has 0 radical (unpaired) electrons. The highest BCUT2D eigenvalue weighted by atomic mass is 16.6. The van der Waals surface area contributed by atoms with E-state index in [0.717, 1.165) is 5.56 Å². The molecule has 0 saturated heterocycles. The number of para-hydroxylation sites is 1. The van der Waals surface area contributed by atoms with Gasteiger partial charge >= 0.3 is 11.9 Å². The van der Waals surface area contributed by atoms with Crippen LogP contribution in [0.25, 0.3) is 0 Å². The fourth-order valence-corrected chi connectivity index (χ4v) is 2.30. The average Bonchev–Trinajstić information content (AvgIpc) is 2.58. The summed E-state index contributed by atoms with van der Waals surface area (Å²) in [5, 5.41) is 0. The first-order chi connectivity index (χ1) is 12.4. The SMILES string of the molecule is C=CCc1ccccc1Oc1cc(OC(C)=O)cc(OC)c1OC(C)=O. The van der Waals surface area contributed by atoms with Crippen LogP contribution in [0.3, 0.4) is 0 Å². The van der Waals surface area contributed by atoms with E-state index in [0.29, 0.717) is 12.2 Å². The van der Waals surface area contributed by atoms with Gasteiger partial charge in [0.15, 0.2) is 11.5 Å². The number of ether oxygens (including phenoxy) is 4. The smallest absolute Gasteiger partial charge is 0.308 e. The third-order valence-corrected chi connectivity index (χ3v) is 3.28. The Balaban J connectivity index is 2.54. The number of esters is 2. The quantitative estimate of drug-likeness (QED) is 0.423. The molecule has 0 bridgehead atoms. The number of methoxy groups -OCH3 is 1. The Bertz CT molecular complexity index is 825. The number of hydrogen-bond acceptors (Lipinski definition) is 6. The topological polar surface area (TPSA) is 71.1 Å². The van der Waals surface area contributed by atoms with Crippen molar-refractivity contribution in [3.05, 3.63) is 54.6 Å². The number of allylic oxidation sites excluding steroid dienone is 1. The largest absolute Gasteiger partial charge is 0.493 e. The van der Waals surface area contributed by atoms with Crippen LogP contribution < -0.4 is 18.9 Å². The van der Waals surface area contributed by atoms with E-state index >= 15 is 0 Å². The molecule has 0 N–H and O–H groups in total. The first-order valence-corrected chi connectivity index (χ1v) is 7.90. The number of rotatable bonds is 7. The molecule has 2 rings (SSSR count). The molecular weight excluding hydrogens is 336 g/mol. The molecule has 0 spiro atoms. The van der Waals surface area contributed by atoms with E-state index in [1.54, 1.807) is 12.1 Å². The summed E-state index contributed by atoms with van der Waals surface area (Å²) in [6.07, 6.45) is 2.35. The first-order valence-electron chi connectivity index (χ1n) is 7.90. The van der Waals surface area contributed by atoms with Crippen LogP contribution >= 0.6 is 0 Å². The van der Waals surface area contributed by atoms with Crippen LogP contribution in [0.4, 0.5) is 0 Å². The number of hydrogen-bond donors (Lipinski definition) is 0. The fraction of sp³-hybridized carbons (Fsp3) is 0.200. The summed E-state index contributed by atoms with van der Waals surface area (Å²) in [6.45, 7) is 6.29. The predicted molar refractivity (Wildman–Crippen MR) is 96.0 cm³/mol. The Morgan fingerprint density at radius 2 is 1.65 bits per heavy atom. The summed E-state index contributed by atoms with van der Waals surface area (Å²) in [5.41, 5.74) is 0.896. The summed E-state index contributed by atoms with van der Waals surface area (Å²) in [7, 11) is 1.41. The molecule has 0 fully saturated rings. The van der Waals surface area contributed by atoms with Gasteiger partial charge < -0.3 is 18.9 Å². The molecule has 0 unspecified atom stereocenters. The van der Waals surface area contributed by atoms with E-state index in [2.05, 4.69) is 6.58 Å². The second-order valence-corrected chi connectivity index (χ2v) is 5.34. The van der Waals surface area contributed by atoms with E-state index in [4.69, 9.17) is 18.9 Å². The molecule has 2 aromatic rings. The molecule has 6 nitrogen and oxygen atoms in total. The van der Waals surface area contributed by atoms with Crippen LogP contribution in [0.2, 0.25) is 0 Å². The Morgan fingerprint density at radius 3 is 2.27 bits per heavy atom. The summed E-state index contributed by atoms with van der Waals surface area (Å²) in [5.74, 6) is 0.231. The van der Waals surface area contributed by atoms with Crippen LogP contribution in [0.15, 0.2) is 49.1 Å². The first kappa shape index (κ1) is 19.1. The van der Waals surface area contributed by atoms with Gasteiger partial charge in [0.1, 0.15) is 11.5 Å². The van der Waals surface area contributed by atoms with Gasteiger partial charge in [-0.2, -0.15) is 0 Å². The van der Waals surface area contributed by atoms with Crippen molar-refractivity contribution in [2.75, 3.05) is 7.11 Å². The van der Waals surface area contributed by atoms with Gasteiger partial charge in [-0.05, 0) is 18.1 Å². The fourth-order valence-electron chi connectivity index (χ4n) is 2.30. The second kappa shape index (κ2) is 8.71. The zero-order valence-electron chi connectivity index (χ0n) is 14.9. The molecule has 0 saturated carbocycles. The Hall–Kier alpha value is -3.28. The maximum absolute atomic E-state index is 11.5. The van der Waals surface area contributed by atoms with Gasteiger partial charge in [0.05, 0.1) is 7.11 Å². The number of carbonyl (C=O) groups is 2. The minimum atomic E-state index is -0.534. The predicted octanol–water partition coefficient (Wildman–Crippen LogP) is 4.07. The van der Waals surface area contributed by atoms with E-state index in [-0.39, 0.29) is 23.0 Å². The summed E-state index contributed by atoms with van der Waals surface area (Å²) >= 11 is 0. The van der Waals surface area contributed by atoms with Gasteiger partial charge in [-0.15, -0.1) is 6.58 Å². The lowest BCUT2D eigenvalue weighted by Crippen LogP contribution is -2.07. The van der Waals surface area contributed by atoms with Crippen molar-refractivity contribution in [3.63, 3.8) is 0 Å². The van der Waals surface area contributed by atoms with E-state index in [1.807, 2.05) is 18.2 Å². The van der Waals surface area contributed by atoms with Crippen molar-refractivity contribution >= 4 is 11.9 Å². The summed E-state index contributed by atoms with van der Waals surface area (Å²) < 4.78 is 21.6. The third-order valence-electron chi connectivity index (χ3n) is 3.28. The van der Waals surface area contributed by atoms with Crippen molar-refractivity contribution < 1.29 is 28.5 Å². The second-order valence-electron chi connectivity index (χ2n) is 5.34. The Labute approximate surface area is 151 Å². The van der Waals surface area contributed by atoms with Crippen molar-refractivity contribution in [1.82, 2.24) is 0 Å². The number of carbonyl (C=O) groups excluding carboxylic acids is 2. The highest BCUT2D eigenvalue weighted by molar-refractivity contribution is 5.74. The van der Waals surface area contributed by atoms with Gasteiger partial charge in [-0.25, -0.2) is 0 Å². The average molecular weight is 356 g/mol. The molecule has 0 amide bonds. The Morgan fingerprint density at radius 1 is 1.00 bits per heavy atom. The van der Waals surface area contributed by atoms with Crippen molar-refractivity contribution in [2.24, 2.45) is 0 Å². The zero-order chi connectivity index (χ0) is 19.1.